The molecule has 2 N–H and O–H groups in total. The molecular formula is C13H17Cl2N. The minimum Gasteiger partial charge on any atom is -0.325 e. The summed E-state index contributed by atoms with van der Waals surface area (Å²) in [5.74, 6) is 0.643. The molecule has 1 aliphatic rings. The highest BCUT2D eigenvalue weighted by atomic mass is 35.5. The first-order chi connectivity index (χ1) is 7.57. The zero-order chi connectivity index (χ0) is 11.8. The van der Waals surface area contributed by atoms with Crippen LogP contribution in [0.5, 0.6) is 0 Å². The number of hydrogen-bond acceptors (Lipinski definition) is 1. The van der Waals surface area contributed by atoms with Gasteiger partial charge in [0.2, 0.25) is 0 Å². The Hall–Kier alpha value is -0.240. The Morgan fingerprint density at radius 3 is 2.56 bits per heavy atom. The Labute approximate surface area is 107 Å². The van der Waals surface area contributed by atoms with Crippen molar-refractivity contribution in [1.29, 1.82) is 0 Å². The second kappa shape index (κ2) is 4.56. The van der Waals surface area contributed by atoms with Crippen molar-refractivity contribution in [3.05, 3.63) is 33.8 Å². The van der Waals surface area contributed by atoms with Crippen LogP contribution < -0.4 is 5.73 Å². The van der Waals surface area contributed by atoms with Gasteiger partial charge in [-0.05, 0) is 42.9 Å². The molecule has 3 heteroatoms. The number of rotatable bonds is 4. The molecule has 0 aromatic heterocycles. The third-order valence-electron chi connectivity index (χ3n) is 3.48. The maximum atomic E-state index is 6.33. The second-order valence-corrected chi connectivity index (χ2v) is 5.61. The molecule has 88 valence electrons. The molecule has 0 spiro atoms. The fourth-order valence-electron chi connectivity index (χ4n) is 2.38. The van der Waals surface area contributed by atoms with Gasteiger partial charge >= 0.3 is 0 Å². The molecule has 1 saturated carbocycles. The van der Waals surface area contributed by atoms with Crippen LogP contribution in [0, 0.1) is 5.92 Å². The molecular weight excluding hydrogens is 241 g/mol. The minimum absolute atomic E-state index is 0.0648. The van der Waals surface area contributed by atoms with Crippen molar-refractivity contribution in [3.8, 4) is 0 Å². The van der Waals surface area contributed by atoms with Gasteiger partial charge in [0, 0.05) is 15.6 Å². The van der Waals surface area contributed by atoms with Crippen molar-refractivity contribution in [2.24, 2.45) is 11.7 Å². The van der Waals surface area contributed by atoms with Gasteiger partial charge in [-0.25, -0.2) is 0 Å². The highest BCUT2D eigenvalue weighted by molar-refractivity contribution is 6.36. The number of nitrogens with two attached hydrogens (primary N) is 1. The van der Waals surface area contributed by atoms with Gasteiger partial charge in [0.05, 0.1) is 0 Å². The average molecular weight is 258 g/mol. The molecule has 0 heterocycles. The van der Waals surface area contributed by atoms with Gasteiger partial charge in [0.25, 0.3) is 0 Å². The quantitative estimate of drug-likeness (QED) is 0.866. The second-order valence-electron chi connectivity index (χ2n) is 4.80. The zero-order valence-corrected chi connectivity index (χ0v) is 11.0. The van der Waals surface area contributed by atoms with Gasteiger partial charge in [-0.3, -0.25) is 0 Å². The van der Waals surface area contributed by atoms with E-state index < -0.39 is 0 Å². The Balaban J connectivity index is 2.11. The van der Waals surface area contributed by atoms with E-state index in [1.54, 1.807) is 0 Å². The van der Waals surface area contributed by atoms with Gasteiger partial charge in [0.1, 0.15) is 0 Å². The van der Waals surface area contributed by atoms with E-state index in [-0.39, 0.29) is 5.54 Å². The first-order valence-corrected chi connectivity index (χ1v) is 6.54. The van der Waals surface area contributed by atoms with Crippen molar-refractivity contribution in [3.63, 3.8) is 0 Å². The van der Waals surface area contributed by atoms with Crippen LogP contribution in [0.3, 0.4) is 0 Å². The maximum Gasteiger partial charge on any atom is 0.0453 e. The standard InChI is InChI=1S/C13H17Cl2N/c1-2-4-9-7-13(9,16)8-10-11(14)5-3-6-12(10)15/h3,5-6,9H,2,4,7-8,16H2,1H3. The average Bonchev–Trinajstić information content (AvgIpc) is 2.85. The summed E-state index contributed by atoms with van der Waals surface area (Å²) in [5, 5.41) is 1.47. The molecule has 0 bridgehead atoms. The number of hydrogen-bond donors (Lipinski definition) is 1. The summed E-state index contributed by atoms with van der Waals surface area (Å²) in [4.78, 5) is 0. The fraction of sp³-hybridized carbons (Fsp3) is 0.538. The van der Waals surface area contributed by atoms with Gasteiger partial charge in [-0.1, -0.05) is 42.6 Å². The van der Waals surface area contributed by atoms with Crippen LogP contribution in [0.15, 0.2) is 18.2 Å². The van der Waals surface area contributed by atoms with E-state index in [0.29, 0.717) is 5.92 Å². The first kappa shape index (κ1) is 12.2. The fourth-order valence-corrected chi connectivity index (χ4v) is 2.92. The summed E-state index contributed by atoms with van der Waals surface area (Å²) in [6.07, 6.45) is 4.30. The largest absolute Gasteiger partial charge is 0.325 e. The van der Waals surface area contributed by atoms with E-state index in [2.05, 4.69) is 6.92 Å². The Kier molecular flexibility index (Phi) is 3.48. The molecule has 1 aromatic carbocycles. The Morgan fingerprint density at radius 1 is 1.38 bits per heavy atom. The van der Waals surface area contributed by atoms with Crippen LogP contribution in [0.25, 0.3) is 0 Å². The molecule has 1 nitrogen and oxygen atoms in total. The third-order valence-corrected chi connectivity index (χ3v) is 4.19. The van der Waals surface area contributed by atoms with Crippen LogP contribution >= 0.6 is 23.2 Å². The van der Waals surface area contributed by atoms with Crippen LogP contribution in [0.4, 0.5) is 0 Å². The number of halogens is 2. The molecule has 0 saturated heterocycles. The van der Waals surface area contributed by atoms with Gasteiger partial charge in [0.15, 0.2) is 0 Å². The molecule has 0 aliphatic heterocycles. The summed E-state index contributed by atoms with van der Waals surface area (Å²) in [5.41, 5.74) is 7.27. The molecule has 2 unspecified atom stereocenters. The zero-order valence-electron chi connectivity index (χ0n) is 9.47. The van der Waals surface area contributed by atoms with E-state index in [9.17, 15) is 0 Å². The highest BCUT2D eigenvalue weighted by Gasteiger charge is 2.50. The highest BCUT2D eigenvalue weighted by Crippen LogP contribution is 2.47. The summed E-state index contributed by atoms with van der Waals surface area (Å²) in [6.45, 7) is 2.20. The van der Waals surface area contributed by atoms with Gasteiger partial charge in [-0.2, -0.15) is 0 Å². The van der Waals surface area contributed by atoms with Gasteiger partial charge in [-0.15, -0.1) is 0 Å². The smallest absolute Gasteiger partial charge is 0.0453 e. The molecule has 0 amide bonds. The van der Waals surface area contributed by atoms with Crippen molar-refractivity contribution in [2.45, 2.75) is 38.1 Å². The van der Waals surface area contributed by atoms with Crippen molar-refractivity contribution in [2.75, 3.05) is 0 Å². The van der Waals surface area contributed by atoms with Crippen LogP contribution in [0.1, 0.15) is 31.7 Å². The third kappa shape index (κ3) is 2.37. The molecule has 2 atom stereocenters. The molecule has 2 rings (SSSR count). The van der Waals surface area contributed by atoms with E-state index >= 15 is 0 Å². The summed E-state index contributed by atoms with van der Waals surface area (Å²) in [7, 11) is 0. The summed E-state index contributed by atoms with van der Waals surface area (Å²) < 4.78 is 0. The topological polar surface area (TPSA) is 26.0 Å². The SMILES string of the molecule is CCCC1CC1(N)Cc1c(Cl)cccc1Cl. The predicted molar refractivity (Wildman–Crippen MR) is 70.1 cm³/mol. The van der Waals surface area contributed by atoms with Crippen molar-refractivity contribution < 1.29 is 0 Å². The van der Waals surface area contributed by atoms with Crippen LogP contribution in [-0.4, -0.2) is 5.54 Å². The lowest BCUT2D eigenvalue weighted by Gasteiger charge is -2.14. The van der Waals surface area contributed by atoms with Crippen molar-refractivity contribution in [1.82, 2.24) is 0 Å². The minimum atomic E-state index is -0.0648. The van der Waals surface area contributed by atoms with E-state index in [1.165, 1.54) is 12.8 Å². The van der Waals surface area contributed by atoms with E-state index in [0.717, 1.165) is 28.5 Å². The van der Waals surface area contributed by atoms with E-state index in [1.807, 2.05) is 18.2 Å². The summed E-state index contributed by atoms with van der Waals surface area (Å²) >= 11 is 12.3. The molecule has 1 aromatic rings. The van der Waals surface area contributed by atoms with E-state index in [4.69, 9.17) is 28.9 Å². The Bertz CT molecular complexity index is 371. The lowest BCUT2D eigenvalue weighted by atomic mass is 10.0. The lowest BCUT2D eigenvalue weighted by molar-refractivity contribution is 0.556. The normalized spacial score (nSPS) is 28.1. The maximum absolute atomic E-state index is 6.33. The molecule has 1 aliphatic carbocycles. The molecule has 0 radical (unpaired) electrons. The van der Waals surface area contributed by atoms with Crippen LogP contribution in [-0.2, 0) is 6.42 Å². The lowest BCUT2D eigenvalue weighted by Crippen LogP contribution is -2.28. The predicted octanol–water partition coefficient (Wildman–Crippen LogP) is 4.05. The monoisotopic (exact) mass is 257 g/mol. The molecule has 1 fully saturated rings. The Morgan fingerprint density at radius 2 is 2.00 bits per heavy atom. The van der Waals surface area contributed by atoms with Gasteiger partial charge < -0.3 is 5.73 Å². The number of benzene rings is 1. The molecule has 16 heavy (non-hydrogen) atoms. The van der Waals surface area contributed by atoms with Crippen LogP contribution in [0.2, 0.25) is 10.0 Å². The summed E-state index contributed by atoms with van der Waals surface area (Å²) in [6, 6.07) is 5.63. The van der Waals surface area contributed by atoms with Crippen molar-refractivity contribution >= 4 is 23.2 Å². The first-order valence-electron chi connectivity index (χ1n) is 5.78.